The number of allylic oxidation sites excluding steroid dienone is 2. The summed E-state index contributed by atoms with van der Waals surface area (Å²) in [5, 5.41) is 0.976. The molecule has 0 aliphatic rings. The summed E-state index contributed by atoms with van der Waals surface area (Å²) >= 11 is 0. The number of nitrogens with zero attached hydrogens (tertiary/aromatic N) is 1. The molecule has 1 amide bonds. The summed E-state index contributed by atoms with van der Waals surface area (Å²) in [6.07, 6.45) is 1.21. The van der Waals surface area contributed by atoms with Crippen LogP contribution in [0.25, 0.3) is 0 Å². The van der Waals surface area contributed by atoms with Gasteiger partial charge in [-0.1, -0.05) is 6.08 Å². The second kappa shape index (κ2) is 4.73. The lowest BCUT2D eigenvalue weighted by Crippen LogP contribution is -2.36. The van der Waals surface area contributed by atoms with E-state index >= 15 is 0 Å². The molecule has 0 atom stereocenters. The molecule has 0 aromatic carbocycles. The predicted molar refractivity (Wildman–Crippen MR) is 42.5 cm³/mol. The molecular weight excluding hydrogens is 144 g/mol. The number of ether oxygens (including phenoxy) is 1. The lowest BCUT2D eigenvalue weighted by molar-refractivity contribution is 0.118. The molecule has 64 valence electrons. The fraction of sp³-hybridized carbons (Fsp3) is 0.571. The molecule has 4 heteroatoms. The zero-order chi connectivity index (χ0) is 8.85. The van der Waals surface area contributed by atoms with E-state index < -0.39 is 6.09 Å². The van der Waals surface area contributed by atoms with Crippen LogP contribution in [-0.4, -0.2) is 17.7 Å². The molecule has 0 unspecified atom stereocenters. The first-order valence-corrected chi connectivity index (χ1v) is 3.48. The molecule has 0 radical (unpaired) electrons. The molecule has 0 saturated heterocycles. The van der Waals surface area contributed by atoms with Crippen molar-refractivity contribution in [2.45, 2.75) is 20.8 Å². The molecule has 4 nitrogen and oxygen atoms in total. The van der Waals surface area contributed by atoms with Crippen LogP contribution in [0.4, 0.5) is 4.79 Å². The average molecular weight is 158 g/mol. The number of hydrogen-bond donors (Lipinski definition) is 1. The minimum Gasteiger partial charge on any atom is -0.449 e. The largest absolute Gasteiger partial charge is 0.449 e. The Hall–Kier alpha value is -1.03. The van der Waals surface area contributed by atoms with Gasteiger partial charge in [0.1, 0.15) is 0 Å². The van der Waals surface area contributed by atoms with Crippen molar-refractivity contribution in [3.8, 4) is 0 Å². The maximum atomic E-state index is 10.9. The third kappa shape index (κ3) is 3.04. The van der Waals surface area contributed by atoms with Crippen LogP contribution in [0.2, 0.25) is 0 Å². The highest BCUT2D eigenvalue weighted by atomic mass is 16.6. The van der Waals surface area contributed by atoms with Gasteiger partial charge in [-0.25, -0.2) is 15.6 Å². The van der Waals surface area contributed by atoms with E-state index in [2.05, 4.69) is 4.74 Å². The fourth-order valence-electron chi connectivity index (χ4n) is 0.476. The van der Waals surface area contributed by atoms with Crippen molar-refractivity contribution < 1.29 is 9.53 Å². The Morgan fingerprint density at radius 2 is 2.27 bits per heavy atom. The lowest BCUT2D eigenvalue weighted by Gasteiger charge is -2.15. The highest BCUT2D eigenvalue weighted by Crippen LogP contribution is 1.98. The third-order valence-corrected chi connectivity index (χ3v) is 1.26. The van der Waals surface area contributed by atoms with Crippen molar-refractivity contribution in [1.29, 1.82) is 0 Å². The van der Waals surface area contributed by atoms with Crippen molar-refractivity contribution in [1.82, 2.24) is 5.01 Å². The quantitative estimate of drug-likeness (QED) is 0.373. The molecule has 0 rings (SSSR count). The van der Waals surface area contributed by atoms with Crippen molar-refractivity contribution in [2.24, 2.45) is 5.84 Å². The van der Waals surface area contributed by atoms with E-state index in [1.165, 1.54) is 0 Å². The molecule has 0 aromatic heterocycles. The summed E-state index contributed by atoms with van der Waals surface area (Å²) in [7, 11) is 0. The van der Waals surface area contributed by atoms with Crippen LogP contribution in [0.5, 0.6) is 0 Å². The Kier molecular flexibility index (Phi) is 4.29. The Bertz CT molecular complexity index is 166. The van der Waals surface area contributed by atoms with Crippen LogP contribution < -0.4 is 5.84 Å². The van der Waals surface area contributed by atoms with E-state index in [1.54, 1.807) is 26.8 Å². The smallest absolute Gasteiger partial charge is 0.428 e. The number of carbonyl (C=O) groups is 1. The van der Waals surface area contributed by atoms with Gasteiger partial charge in [0.2, 0.25) is 0 Å². The normalized spacial score (nSPS) is 11.1. The maximum Gasteiger partial charge on any atom is 0.428 e. The molecule has 0 spiro atoms. The number of rotatable bonds is 2. The number of hydrazine groups is 1. The van der Waals surface area contributed by atoms with Gasteiger partial charge in [-0.2, -0.15) is 0 Å². The number of nitrogens with two attached hydrogens (primary N) is 1. The average Bonchev–Trinajstić information content (AvgIpc) is 2.02. The van der Waals surface area contributed by atoms with Gasteiger partial charge in [0.15, 0.2) is 0 Å². The Morgan fingerprint density at radius 1 is 1.73 bits per heavy atom. The topological polar surface area (TPSA) is 55.6 Å². The zero-order valence-corrected chi connectivity index (χ0v) is 7.13. The molecule has 0 aliphatic heterocycles. The summed E-state index contributed by atoms with van der Waals surface area (Å²) in [6, 6.07) is 0. The first-order chi connectivity index (χ1) is 5.13. The molecule has 0 aliphatic carbocycles. The van der Waals surface area contributed by atoms with Crippen molar-refractivity contribution in [3.63, 3.8) is 0 Å². The zero-order valence-electron chi connectivity index (χ0n) is 7.13. The molecule has 11 heavy (non-hydrogen) atoms. The number of hydrogen-bond acceptors (Lipinski definition) is 3. The van der Waals surface area contributed by atoms with E-state index in [4.69, 9.17) is 5.84 Å². The van der Waals surface area contributed by atoms with Crippen LogP contribution >= 0.6 is 0 Å². The Morgan fingerprint density at radius 3 is 2.64 bits per heavy atom. The van der Waals surface area contributed by atoms with Gasteiger partial charge >= 0.3 is 6.09 Å². The molecule has 0 saturated carbocycles. The highest BCUT2D eigenvalue weighted by molar-refractivity contribution is 5.68. The van der Waals surface area contributed by atoms with Crippen molar-refractivity contribution >= 4 is 6.09 Å². The van der Waals surface area contributed by atoms with Gasteiger partial charge in [-0.3, -0.25) is 0 Å². The van der Waals surface area contributed by atoms with E-state index in [9.17, 15) is 4.79 Å². The van der Waals surface area contributed by atoms with Gasteiger partial charge in [0.25, 0.3) is 0 Å². The molecule has 0 heterocycles. The van der Waals surface area contributed by atoms with E-state index in [1.807, 2.05) is 0 Å². The van der Waals surface area contributed by atoms with E-state index in [0.717, 1.165) is 5.01 Å². The lowest BCUT2D eigenvalue weighted by atomic mass is 10.4. The minimum atomic E-state index is -0.525. The van der Waals surface area contributed by atoms with Crippen LogP contribution in [-0.2, 0) is 4.74 Å². The molecular formula is C7H14N2O2. The fourth-order valence-corrected chi connectivity index (χ4v) is 0.476. The third-order valence-electron chi connectivity index (χ3n) is 1.26. The first kappa shape index (κ1) is 9.97. The van der Waals surface area contributed by atoms with E-state index in [-0.39, 0.29) is 0 Å². The van der Waals surface area contributed by atoms with Crippen molar-refractivity contribution in [2.75, 3.05) is 6.61 Å². The second-order valence-electron chi connectivity index (χ2n) is 2.00. The summed E-state index contributed by atoms with van der Waals surface area (Å²) < 4.78 is 4.65. The Labute approximate surface area is 66.6 Å². The van der Waals surface area contributed by atoms with Gasteiger partial charge in [0, 0.05) is 5.70 Å². The SMILES string of the molecule is C/C=C(\C)N(N)C(=O)OCC. The number of amides is 1. The van der Waals surface area contributed by atoms with E-state index in [0.29, 0.717) is 12.3 Å². The monoisotopic (exact) mass is 158 g/mol. The molecule has 0 bridgehead atoms. The highest BCUT2D eigenvalue weighted by Gasteiger charge is 2.09. The summed E-state index contributed by atoms with van der Waals surface area (Å²) in [5.41, 5.74) is 0.670. The van der Waals surface area contributed by atoms with Crippen LogP contribution in [0.3, 0.4) is 0 Å². The standard InChI is InChI=1S/C7H14N2O2/c1-4-6(3)9(8)7(10)11-5-2/h4H,5,8H2,1-3H3/b6-4+. The molecule has 0 aromatic rings. The van der Waals surface area contributed by atoms with Crippen molar-refractivity contribution in [3.05, 3.63) is 11.8 Å². The summed E-state index contributed by atoms with van der Waals surface area (Å²) in [5.74, 6) is 5.35. The number of carbonyl (C=O) groups excluding carboxylic acids is 1. The summed E-state index contributed by atoms with van der Waals surface area (Å²) in [6.45, 7) is 5.60. The van der Waals surface area contributed by atoms with Crippen LogP contribution in [0, 0.1) is 0 Å². The van der Waals surface area contributed by atoms with Crippen LogP contribution in [0.15, 0.2) is 11.8 Å². The summed E-state index contributed by atoms with van der Waals surface area (Å²) in [4.78, 5) is 10.9. The van der Waals surface area contributed by atoms with Gasteiger partial charge in [-0.15, -0.1) is 0 Å². The van der Waals surface area contributed by atoms with Gasteiger partial charge in [0.05, 0.1) is 6.61 Å². The van der Waals surface area contributed by atoms with Gasteiger partial charge < -0.3 is 4.74 Å². The maximum absolute atomic E-state index is 10.9. The Balaban J connectivity index is 4.02. The van der Waals surface area contributed by atoms with Gasteiger partial charge in [-0.05, 0) is 20.8 Å². The van der Waals surface area contributed by atoms with Crippen LogP contribution in [0.1, 0.15) is 20.8 Å². The predicted octanol–water partition coefficient (Wildman–Crippen LogP) is 1.24. The second-order valence-corrected chi connectivity index (χ2v) is 2.00. The minimum absolute atomic E-state index is 0.337. The first-order valence-electron chi connectivity index (χ1n) is 3.48. The molecule has 2 N–H and O–H groups in total. The molecule has 0 fully saturated rings.